The molecule has 0 aliphatic heterocycles. The molecular formula is C20H23NO5. The van der Waals surface area contributed by atoms with Gasteiger partial charge in [-0.25, -0.2) is 4.79 Å². The largest absolute Gasteiger partial charge is 0.484 e. The van der Waals surface area contributed by atoms with E-state index < -0.39 is 12.6 Å². The number of carboxylic acids is 1. The van der Waals surface area contributed by atoms with Gasteiger partial charge in [0.15, 0.2) is 13.2 Å². The predicted octanol–water partition coefficient (Wildman–Crippen LogP) is 2.97. The average Bonchev–Trinajstić information content (AvgIpc) is 2.63. The van der Waals surface area contributed by atoms with Crippen molar-refractivity contribution < 1.29 is 24.2 Å². The molecule has 0 saturated heterocycles. The molecule has 2 aromatic carbocycles. The van der Waals surface area contributed by atoms with E-state index in [0.29, 0.717) is 24.0 Å². The summed E-state index contributed by atoms with van der Waals surface area (Å²) in [5, 5.41) is 11.4. The molecule has 0 aliphatic carbocycles. The van der Waals surface area contributed by atoms with Crippen molar-refractivity contribution in [3.63, 3.8) is 0 Å². The Morgan fingerprint density at radius 3 is 2.35 bits per heavy atom. The molecular weight excluding hydrogens is 334 g/mol. The highest BCUT2D eigenvalue weighted by Crippen LogP contribution is 2.18. The van der Waals surface area contributed by atoms with Crippen molar-refractivity contribution in [2.24, 2.45) is 0 Å². The number of aliphatic carboxylic acids is 1. The molecule has 1 amide bonds. The van der Waals surface area contributed by atoms with E-state index in [2.05, 4.69) is 19.2 Å². The standard InChI is InChI=1S/C20H23NO5/c1-14(2)16-6-8-17(9-7-16)25-12-19(22)21-11-15-4-3-5-18(10-15)26-13-20(23)24/h3-10,14H,11-13H2,1-2H3,(H,21,22)(H,23,24). The molecule has 26 heavy (non-hydrogen) atoms. The van der Waals surface area contributed by atoms with E-state index in [9.17, 15) is 9.59 Å². The highest BCUT2D eigenvalue weighted by molar-refractivity contribution is 5.77. The average molecular weight is 357 g/mol. The minimum absolute atomic E-state index is 0.0732. The van der Waals surface area contributed by atoms with Crippen molar-refractivity contribution in [3.05, 3.63) is 59.7 Å². The molecule has 0 saturated carbocycles. The fourth-order valence-electron chi connectivity index (χ4n) is 2.24. The van der Waals surface area contributed by atoms with E-state index in [1.807, 2.05) is 30.3 Å². The molecule has 2 N–H and O–H groups in total. The number of benzene rings is 2. The number of ether oxygens (including phenoxy) is 2. The second-order valence-electron chi connectivity index (χ2n) is 6.12. The molecule has 0 aliphatic rings. The van der Waals surface area contributed by atoms with Crippen molar-refractivity contribution >= 4 is 11.9 Å². The van der Waals surface area contributed by atoms with Gasteiger partial charge in [-0.1, -0.05) is 38.1 Å². The molecule has 138 valence electrons. The van der Waals surface area contributed by atoms with Gasteiger partial charge in [-0.05, 0) is 41.3 Å². The number of hydrogen-bond donors (Lipinski definition) is 2. The van der Waals surface area contributed by atoms with E-state index >= 15 is 0 Å². The number of carbonyl (C=O) groups is 2. The summed E-state index contributed by atoms with van der Waals surface area (Å²) in [5.41, 5.74) is 2.02. The van der Waals surface area contributed by atoms with E-state index in [1.54, 1.807) is 18.2 Å². The minimum Gasteiger partial charge on any atom is -0.484 e. The first kappa shape index (κ1) is 19.3. The van der Waals surface area contributed by atoms with Gasteiger partial charge in [0, 0.05) is 6.54 Å². The van der Waals surface area contributed by atoms with Crippen LogP contribution in [-0.2, 0) is 16.1 Å². The lowest BCUT2D eigenvalue weighted by Gasteiger charge is -2.10. The Morgan fingerprint density at radius 1 is 1.00 bits per heavy atom. The normalized spacial score (nSPS) is 10.4. The fraction of sp³-hybridized carbons (Fsp3) is 0.300. The van der Waals surface area contributed by atoms with Crippen LogP contribution >= 0.6 is 0 Å². The number of carboxylic acid groups (broad SMARTS) is 1. The number of rotatable bonds is 9. The third kappa shape index (κ3) is 6.47. The molecule has 0 fully saturated rings. The highest BCUT2D eigenvalue weighted by atomic mass is 16.5. The zero-order valence-electron chi connectivity index (χ0n) is 14.9. The second-order valence-corrected chi connectivity index (χ2v) is 6.12. The van der Waals surface area contributed by atoms with Gasteiger partial charge < -0.3 is 19.9 Å². The summed E-state index contributed by atoms with van der Waals surface area (Å²) < 4.78 is 10.6. The lowest BCUT2D eigenvalue weighted by molar-refractivity contribution is -0.139. The lowest BCUT2D eigenvalue weighted by atomic mass is 10.0. The van der Waals surface area contributed by atoms with Crippen molar-refractivity contribution in [3.8, 4) is 11.5 Å². The van der Waals surface area contributed by atoms with E-state index in [0.717, 1.165) is 5.56 Å². The van der Waals surface area contributed by atoms with E-state index in [-0.39, 0.29) is 12.5 Å². The smallest absolute Gasteiger partial charge is 0.341 e. The van der Waals surface area contributed by atoms with Crippen LogP contribution in [0.15, 0.2) is 48.5 Å². The van der Waals surface area contributed by atoms with Gasteiger partial charge in [0.2, 0.25) is 0 Å². The first-order valence-electron chi connectivity index (χ1n) is 8.37. The Hall–Kier alpha value is -3.02. The summed E-state index contributed by atoms with van der Waals surface area (Å²) in [6.07, 6.45) is 0. The fourth-order valence-corrected chi connectivity index (χ4v) is 2.24. The van der Waals surface area contributed by atoms with Crippen LogP contribution in [0.4, 0.5) is 0 Å². The summed E-state index contributed by atoms with van der Waals surface area (Å²) in [6, 6.07) is 14.6. The maximum Gasteiger partial charge on any atom is 0.341 e. The summed E-state index contributed by atoms with van der Waals surface area (Å²) in [5.74, 6) is 0.258. The Bertz CT molecular complexity index is 740. The molecule has 6 nitrogen and oxygen atoms in total. The number of hydrogen-bond acceptors (Lipinski definition) is 4. The Kier molecular flexibility index (Phi) is 7.02. The zero-order chi connectivity index (χ0) is 18.9. The molecule has 0 unspecified atom stereocenters. The van der Waals surface area contributed by atoms with Crippen LogP contribution in [0, 0.1) is 0 Å². The van der Waals surface area contributed by atoms with Crippen molar-refractivity contribution in [1.82, 2.24) is 5.32 Å². The minimum atomic E-state index is -1.04. The van der Waals surface area contributed by atoms with Crippen molar-refractivity contribution in [1.29, 1.82) is 0 Å². The Morgan fingerprint density at radius 2 is 1.69 bits per heavy atom. The summed E-state index contributed by atoms with van der Waals surface area (Å²) >= 11 is 0. The number of carbonyl (C=O) groups excluding carboxylic acids is 1. The third-order valence-electron chi connectivity index (χ3n) is 3.67. The molecule has 2 aromatic rings. The molecule has 0 spiro atoms. The van der Waals surface area contributed by atoms with Crippen LogP contribution in [0.2, 0.25) is 0 Å². The molecule has 0 aromatic heterocycles. The quantitative estimate of drug-likeness (QED) is 0.721. The van der Waals surface area contributed by atoms with Gasteiger partial charge in [0.1, 0.15) is 11.5 Å². The summed E-state index contributed by atoms with van der Waals surface area (Å²) in [4.78, 5) is 22.4. The van der Waals surface area contributed by atoms with Gasteiger partial charge in [-0.15, -0.1) is 0 Å². The molecule has 0 bridgehead atoms. The summed E-state index contributed by atoms with van der Waals surface area (Å²) in [7, 11) is 0. The predicted molar refractivity (Wildman–Crippen MR) is 97.4 cm³/mol. The van der Waals surface area contributed by atoms with Gasteiger partial charge >= 0.3 is 5.97 Å². The third-order valence-corrected chi connectivity index (χ3v) is 3.67. The molecule has 2 rings (SSSR count). The van der Waals surface area contributed by atoms with Crippen LogP contribution < -0.4 is 14.8 Å². The molecule has 6 heteroatoms. The molecule has 0 atom stereocenters. The van der Waals surface area contributed by atoms with Crippen LogP contribution in [0.25, 0.3) is 0 Å². The second kappa shape index (κ2) is 9.46. The first-order valence-corrected chi connectivity index (χ1v) is 8.37. The van der Waals surface area contributed by atoms with Gasteiger partial charge in [0.05, 0.1) is 0 Å². The molecule has 0 heterocycles. The first-order chi connectivity index (χ1) is 12.4. The highest BCUT2D eigenvalue weighted by Gasteiger charge is 2.05. The van der Waals surface area contributed by atoms with Crippen LogP contribution in [0.3, 0.4) is 0 Å². The molecule has 0 radical (unpaired) electrons. The number of nitrogens with one attached hydrogen (secondary N) is 1. The Labute approximate surface area is 152 Å². The van der Waals surface area contributed by atoms with Crippen LogP contribution in [0.5, 0.6) is 11.5 Å². The zero-order valence-corrected chi connectivity index (χ0v) is 14.9. The van der Waals surface area contributed by atoms with Crippen LogP contribution in [0.1, 0.15) is 30.9 Å². The van der Waals surface area contributed by atoms with Gasteiger partial charge in [-0.2, -0.15) is 0 Å². The lowest BCUT2D eigenvalue weighted by Crippen LogP contribution is -2.28. The SMILES string of the molecule is CC(C)c1ccc(OCC(=O)NCc2cccc(OCC(=O)O)c2)cc1. The van der Waals surface area contributed by atoms with Crippen molar-refractivity contribution in [2.75, 3.05) is 13.2 Å². The number of amides is 1. The van der Waals surface area contributed by atoms with E-state index in [1.165, 1.54) is 5.56 Å². The topological polar surface area (TPSA) is 84.9 Å². The monoisotopic (exact) mass is 357 g/mol. The van der Waals surface area contributed by atoms with E-state index in [4.69, 9.17) is 14.6 Å². The maximum absolute atomic E-state index is 11.9. The van der Waals surface area contributed by atoms with Crippen LogP contribution in [-0.4, -0.2) is 30.2 Å². The van der Waals surface area contributed by atoms with Crippen molar-refractivity contribution in [2.45, 2.75) is 26.3 Å². The Balaban J connectivity index is 1.77. The van der Waals surface area contributed by atoms with Gasteiger partial charge in [-0.3, -0.25) is 4.79 Å². The van der Waals surface area contributed by atoms with Gasteiger partial charge in [0.25, 0.3) is 5.91 Å². The maximum atomic E-state index is 11.9. The summed E-state index contributed by atoms with van der Waals surface area (Å²) in [6.45, 7) is 4.06.